The maximum atomic E-state index is 12.7. The lowest BCUT2D eigenvalue weighted by Gasteiger charge is -2.19. The van der Waals surface area contributed by atoms with E-state index in [2.05, 4.69) is 5.32 Å². The number of ether oxygens (including phenoxy) is 1. The molecule has 1 aliphatic carbocycles. The third-order valence-corrected chi connectivity index (χ3v) is 5.42. The summed E-state index contributed by atoms with van der Waals surface area (Å²) in [7, 11) is 0. The maximum absolute atomic E-state index is 12.7. The van der Waals surface area contributed by atoms with Crippen LogP contribution in [0.25, 0.3) is 0 Å². The molecule has 0 radical (unpaired) electrons. The highest BCUT2D eigenvalue weighted by molar-refractivity contribution is 6.08. The summed E-state index contributed by atoms with van der Waals surface area (Å²) < 4.78 is 5.51. The minimum absolute atomic E-state index is 0.315. The largest absolute Gasteiger partial charge is 0.425 e. The Morgan fingerprint density at radius 1 is 1.00 bits per heavy atom. The number of hydrogen-bond donors (Lipinski definition) is 1. The van der Waals surface area contributed by atoms with Crippen molar-refractivity contribution in [3.05, 3.63) is 65.7 Å². The van der Waals surface area contributed by atoms with Gasteiger partial charge in [-0.3, -0.25) is 9.69 Å². The van der Waals surface area contributed by atoms with Crippen LogP contribution >= 0.6 is 0 Å². The first kappa shape index (κ1) is 18.2. The van der Waals surface area contributed by atoms with Crippen molar-refractivity contribution in [2.75, 3.05) is 6.54 Å². The number of carbonyl (C=O) groups excluding carboxylic acids is 3. The lowest BCUT2D eigenvalue weighted by atomic mass is 9.98. The van der Waals surface area contributed by atoms with E-state index in [1.54, 1.807) is 12.1 Å². The number of esters is 1. The fourth-order valence-corrected chi connectivity index (χ4v) is 3.99. The number of carbonyl (C=O) groups is 3. The van der Waals surface area contributed by atoms with Gasteiger partial charge in [-0.15, -0.1) is 0 Å². The number of rotatable bonds is 5. The molecule has 2 aliphatic rings. The summed E-state index contributed by atoms with van der Waals surface area (Å²) in [6, 6.07) is 16.7. The zero-order valence-electron chi connectivity index (χ0n) is 15.5. The van der Waals surface area contributed by atoms with Gasteiger partial charge in [0.05, 0.1) is 0 Å². The van der Waals surface area contributed by atoms with Crippen molar-refractivity contribution in [2.24, 2.45) is 0 Å². The average Bonchev–Trinajstić information content (AvgIpc) is 3.25. The summed E-state index contributed by atoms with van der Waals surface area (Å²) in [5.41, 5.74) is 1.15. The van der Waals surface area contributed by atoms with Crippen LogP contribution < -0.4 is 10.1 Å². The predicted octanol–water partition coefficient (Wildman–Crippen LogP) is 3.05. The summed E-state index contributed by atoms with van der Waals surface area (Å²) in [5, 5.41) is 2.77. The molecule has 6 heteroatoms. The molecule has 4 rings (SSSR count). The van der Waals surface area contributed by atoms with Crippen LogP contribution in [-0.2, 0) is 16.0 Å². The van der Waals surface area contributed by atoms with E-state index in [1.807, 2.05) is 42.5 Å². The van der Waals surface area contributed by atoms with Gasteiger partial charge in [-0.2, -0.15) is 0 Å². The van der Waals surface area contributed by atoms with E-state index in [1.165, 1.54) is 0 Å². The Balaban J connectivity index is 1.45. The van der Waals surface area contributed by atoms with Gasteiger partial charge in [-0.25, -0.2) is 9.59 Å². The molecule has 0 aromatic heterocycles. The monoisotopic (exact) mass is 378 g/mol. The normalized spacial score (nSPS) is 17.8. The van der Waals surface area contributed by atoms with Crippen LogP contribution in [-0.4, -0.2) is 34.9 Å². The van der Waals surface area contributed by atoms with Gasteiger partial charge in [0.25, 0.3) is 5.91 Å². The number of nitrogens with one attached hydrogen (secondary N) is 1. The summed E-state index contributed by atoms with van der Waals surface area (Å²) in [4.78, 5) is 38.3. The molecule has 0 atom stereocenters. The second-order valence-corrected chi connectivity index (χ2v) is 7.35. The molecule has 0 bridgehead atoms. The van der Waals surface area contributed by atoms with Gasteiger partial charge in [0, 0.05) is 6.42 Å². The van der Waals surface area contributed by atoms with Gasteiger partial charge in [-0.1, -0.05) is 61.4 Å². The number of para-hydroxylation sites is 1. The second kappa shape index (κ2) is 7.46. The Hall–Kier alpha value is -3.15. The molecule has 28 heavy (non-hydrogen) atoms. The molecule has 2 aromatic carbocycles. The number of benzene rings is 2. The molecule has 1 saturated carbocycles. The van der Waals surface area contributed by atoms with E-state index in [0.29, 0.717) is 25.0 Å². The molecule has 2 fully saturated rings. The smallest absolute Gasteiger partial charge is 0.331 e. The molecular formula is C22H22N2O4. The molecule has 1 aliphatic heterocycles. The molecule has 144 valence electrons. The van der Waals surface area contributed by atoms with Crippen molar-refractivity contribution >= 4 is 17.9 Å². The number of urea groups is 1. The summed E-state index contributed by atoms with van der Waals surface area (Å²) in [5.74, 6) is -0.498. The average molecular weight is 378 g/mol. The lowest BCUT2D eigenvalue weighted by molar-refractivity contribution is -0.141. The third-order valence-electron chi connectivity index (χ3n) is 5.42. The van der Waals surface area contributed by atoms with Crippen LogP contribution in [0.4, 0.5) is 4.79 Å². The molecule has 1 heterocycles. The molecule has 1 saturated heterocycles. The topological polar surface area (TPSA) is 75.7 Å². The molecular weight excluding hydrogens is 356 g/mol. The minimum Gasteiger partial charge on any atom is -0.425 e. The van der Waals surface area contributed by atoms with Crippen molar-refractivity contribution in [3.8, 4) is 5.75 Å². The summed E-state index contributed by atoms with van der Waals surface area (Å²) >= 11 is 0. The molecule has 1 spiro atoms. The zero-order chi connectivity index (χ0) is 19.6. The first-order valence-electron chi connectivity index (χ1n) is 9.54. The molecule has 0 unspecified atom stereocenters. The van der Waals surface area contributed by atoms with Gasteiger partial charge in [0.15, 0.2) is 0 Å². The van der Waals surface area contributed by atoms with Crippen LogP contribution in [0, 0.1) is 0 Å². The highest BCUT2D eigenvalue weighted by Crippen LogP contribution is 2.35. The molecule has 6 nitrogen and oxygen atoms in total. The zero-order valence-corrected chi connectivity index (χ0v) is 15.5. The summed E-state index contributed by atoms with van der Waals surface area (Å²) in [6.07, 6.45) is 3.68. The fraction of sp³-hybridized carbons (Fsp3) is 0.318. The first-order chi connectivity index (χ1) is 13.6. The molecule has 1 N–H and O–H groups in total. The van der Waals surface area contributed by atoms with Gasteiger partial charge >= 0.3 is 12.0 Å². The van der Waals surface area contributed by atoms with E-state index in [0.717, 1.165) is 28.9 Å². The fourth-order valence-electron chi connectivity index (χ4n) is 3.99. The Bertz CT molecular complexity index is 904. The van der Waals surface area contributed by atoms with Crippen molar-refractivity contribution in [3.63, 3.8) is 0 Å². The summed E-state index contributed by atoms with van der Waals surface area (Å²) in [6.45, 7) is -0.383. The van der Waals surface area contributed by atoms with Crippen molar-refractivity contribution in [2.45, 2.75) is 37.6 Å². The Morgan fingerprint density at radius 3 is 2.43 bits per heavy atom. The van der Waals surface area contributed by atoms with Gasteiger partial charge in [-0.05, 0) is 30.0 Å². The van der Waals surface area contributed by atoms with Crippen LogP contribution in [0.2, 0.25) is 0 Å². The molecule has 3 amide bonds. The third kappa shape index (κ3) is 3.50. The van der Waals surface area contributed by atoms with E-state index < -0.39 is 17.5 Å². The predicted molar refractivity (Wildman–Crippen MR) is 103 cm³/mol. The first-order valence-corrected chi connectivity index (χ1v) is 9.54. The Morgan fingerprint density at radius 2 is 1.68 bits per heavy atom. The van der Waals surface area contributed by atoms with Crippen molar-refractivity contribution in [1.82, 2.24) is 10.2 Å². The van der Waals surface area contributed by atoms with E-state index in [4.69, 9.17) is 4.74 Å². The van der Waals surface area contributed by atoms with Gasteiger partial charge < -0.3 is 10.1 Å². The van der Waals surface area contributed by atoms with Crippen LogP contribution in [0.3, 0.4) is 0 Å². The second-order valence-electron chi connectivity index (χ2n) is 7.35. The highest BCUT2D eigenvalue weighted by Gasteiger charge is 2.52. The van der Waals surface area contributed by atoms with Crippen LogP contribution in [0.15, 0.2) is 54.6 Å². The van der Waals surface area contributed by atoms with E-state index in [9.17, 15) is 14.4 Å². The SMILES string of the molecule is O=C(CN1C(=O)NC2(CCCC2)C1=O)Oc1ccccc1Cc1ccccc1. The van der Waals surface area contributed by atoms with Crippen LogP contribution in [0.5, 0.6) is 5.75 Å². The van der Waals surface area contributed by atoms with E-state index in [-0.39, 0.29) is 12.5 Å². The minimum atomic E-state index is -0.817. The van der Waals surface area contributed by atoms with E-state index >= 15 is 0 Å². The number of imide groups is 1. The lowest BCUT2D eigenvalue weighted by Crippen LogP contribution is -2.44. The molecule has 2 aromatic rings. The Kier molecular flexibility index (Phi) is 4.86. The maximum Gasteiger partial charge on any atom is 0.331 e. The quantitative estimate of drug-likeness (QED) is 0.493. The number of hydrogen-bond acceptors (Lipinski definition) is 4. The van der Waals surface area contributed by atoms with Crippen molar-refractivity contribution in [1.29, 1.82) is 0 Å². The van der Waals surface area contributed by atoms with Crippen LogP contribution in [0.1, 0.15) is 36.8 Å². The number of amides is 3. The van der Waals surface area contributed by atoms with Gasteiger partial charge in [0.1, 0.15) is 17.8 Å². The highest BCUT2D eigenvalue weighted by atomic mass is 16.5. The van der Waals surface area contributed by atoms with Crippen molar-refractivity contribution < 1.29 is 19.1 Å². The number of nitrogens with zero attached hydrogens (tertiary/aromatic N) is 1. The van der Waals surface area contributed by atoms with Gasteiger partial charge in [0.2, 0.25) is 0 Å². The Labute approximate surface area is 163 Å². The standard InChI is InChI=1S/C22H22N2O4/c25-19(15-24-20(26)22(23-21(24)27)12-6-7-13-22)28-18-11-5-4-10-17(18)14-16-8-2-1-3-9-16/h1-5,8-11H,6-7,12-15H2,(H,23,27).